The molecule has 1 heterocycles. The van der Waals surface area contributed by atoms with E-state index >= 15 is 0 Å². The molecular weight excluding hydrogens is 506 g/mol. The van der Waals surface area contributed by atoms with Crippen molar-refractivity contribution in [1.82, 2.24) is 10.6 Å². The molecule has 218 valence electrons. The average molecular weight is 548 g/mol. The summed E-state index contributed by atoms with van der Waals surface area (Å²) in [5, 5.41) is 5.38. The Bertz CT molecular complexity index is 780. The van der Waals surface area contributed by atoms with E-state index in [2.05, 4.69) is 10.6 Å². The maximum absolute atomic E-state index is 11.9. The number of ether oxygens (including phenoxy) is 6. The second-order valence-corrected chi connectivity index (χ2v) is 8.65. The SMILES string of the molecule is CC(=O)NC1C(OCCOCCNC(=O)CCCCCN)OC(COC(C)=O)C(OC(C)=O)C1OC(C)=O. The third-order valence-corrected chi connectivity index (χ3v) is 5.26. The van der Waals surface area contributed by atoms with Gasteiger partial charge in [-0.05, 0) is 19.4 Å². The molecule has 1 saturated heterocycles. The Morgan fingerprint density at radius 3 is 2.13 bits per heavy atom. The van der Waals surface area contributed by atoms with E-state index in [1.54, 1.807) is 0 Å². The van der Waals surface area contributed by atoms with Gasteiger partial charge in [0.25, 0.3) is 0 Å². The fourth-order valence-electron chi connectivity index (χ4n) is 3.72. The van der Waals surface area contributed by atoms with Gasteiger partial charge in [0.05, 0.1) is 19.8 Å². The molecular formula is C24H41N3O11. The summed E-state index contributed by atoms with van der Waals surface area (Å²) in [6.07, 6.45) is -1.60. The zero-order valence-electron chi connectivity index (χ0n) is 22.5. The van der Waals surface area contributed by atoms with E-state index in [1.807, 2.05) is 0 Å². The molecule has 14 heteroatoms. The van der Waals surface area contributed by atoms with Crippen molar-refractivity contribution in [3.8, 4) is 0 Å². The van der Waals surface area contributed by atoms with Crippen molar-refractivity contribution < 1.29 is 52.4 Å². The molecule has 5 atom stereocenters. The summed E-state index contributed by atoms with van der Waals surface area (Å²) < 4.78 is 32.9. The van der Waals surface area contributed by atoms with Crippen LogP contribution in [0.15, 0.2) is 0 Å². The normalized spacial score (nSPS) is 22.7. The number of nitrogens with one attached hydrogen (secondary N) is 2. The third-order valence-electron chi connectivity index (χ3n) is 5.26. The van der Waals surface area contributed by atoms with Crippen LogP contribution in [0.25, 0.3) is 0 Å². The van der Waals surface area contributed by atoms with Gasteiger partial charge in [-0.1, -0.05) is 6.42 Å². The quantitative estimate of drug-likeness (QED) is 0.118. The average Bonchev–Trinajstić information content (AvgIpc) is 2.82. The smallest absolute Gasteiger partial charge is 0.303 e. The highest BCUT2D eigenvalue weighted by atomic mass is 16.7. The number of esters is 3. The fraction of sp³-hybridized carbons (Fsp3) is 0.792. The Morgan fingerprint density at radius 2 is 1.53 bits per heavy atom. The minimum Gasteiger partial charge on any atom is -0.463 e. The third kappa shape index (κ3) is 13.7. The number of nitrogens with two attached hydrogens (primary N) is 1. The van der Waals surface area contributed by atoms with Crippen LogP contribution in [-0.4, -0.2) is 99.9 Å². The molecule has 0 bridgehead atoms. The van der Waals surface area contributed by atoms with Crippen LogP contribution < -0.4 is 16.4 Å². The van der Waals surface area contributed by atoms with Crippen molar-refractivity contribution in [1.29, 1.82) is 0 Å². The summed E-state index contributed by atoms with van der Waals surface area (Å²) in [5.41, 5.74) is 5.43. The molecule has 2 amide bonds. The first-order chi connectivity index (χ1) is 18.0. The summed E-state index contributed by atoms with van der Waals surface area (Å²) in [6, 6.07) is -1.05. The number of carbonyl (C=O) groups excluding carboxylic acids is 5. The van der Waals surface area contributed by atoms with Crippen molar-refractivity contribution in [2.75, 3.05) is 39.5 Å². The molecule has 4 N–H and O–H groups in total. The molecule has 0 aromatic carbocycles. The van der Waals surface area contributed by atoms with Crippen LogP contribution in [0.4, 0.5) is 0 Å². The van der Waals surface area contributed by atoms with E-state index in [9.17, 15) is 24.0 Å². The van der Waals surface area contributed by atoms with Gasteiger partial charge in [-0.3, -0.25) is 24.0 Å². The molecule has 1 fully saturated rings. The maximum atomic E-state index is 11.9. The maximum Gasteiger partial charge on any atom is 0.303 e. The summed E-state index contributed by atoms with van der Waals surface area (Å²) >= 11 is 0. The van der Waals surface area contributed by atoms with Crippen LogP contribution in [0.3, 0.4) is 0 Å². The lowest BCUT2D eigenvalue weighted by Crippen LogP contribution is -2.66. The van der Waals surface area contributed by atoms with Crippen LogP contribution in [-0.2, 0) is 52.4 Å². The van der Waals surface area contributed by atoms with Crippen molar-refractivity contribution in [3.05, 3.63) is 0 Å². The van der Waals surface area contributed by atoms with Gasteiger partial charge in [0.1, 0.15) is 18.8 Å². The van der Waals surface area contributed by atoms with E-state index in [4.69, 9.17) is 34.2 Å². The van der Waals surface area contributed by atoms with Gasteiger partial charge >= 0.3 is 17.9 Å². The van der Waals surface area contributed by atoms with Crippen LogP contribution in [0.5, 0.6) is 0 Å². The highest BCUT2D eigenvalue weighted by Crippen LogP contribution is 2.28. The van der Waals surface area contributed by atoms with E-state index in [1.165, 1.54) is 13.8 Å². The number of amides is 2. The number of rotatable bonds is 17. The molecule has 5 unspecified atom stereocenters. The first-order valence-electron chi connectivity index (χ1n) is 12.6. The Kier molecular flexibility index (Phi) is 16.1. The molecule has 1 rings (SSSR count). The Balaban J connectivity index is 2.74. The number of unbranched alkanes of at least 4 members (excludes halogenated alkanes) is 2. The van der Waals surface area contributed by atoms with Crippen molar-refractivity contribution in [3.63, 3.8) is 0 Å². The summed E-state index contributed by atoms with van der Waals surface area (Å²) in [5.74, 6) is -2.52. The van der Waals surface area contributed by atoms with Gasteiger partial charge in [-0.25, -0.2) is 0 Å². The second kappa shape index (κ2) is 18.4. The lowest BCUT2D eigenvalue weighted by molar-refractivity contribution is -0.279. The second-order valence-electron chi connectivity index (χ2n) is 8.65. The zero-order valence-corrected chi connectivity index (χ0v) is 22.5. The molecule has 0 aliphatic carbocycles. The van der Waals surface area contributed by atoms with E-state index < -0.39 is 54.5 Å². The molecule has 0 aromatic heterocycles. The van der Waals surface area contributed by atoms with Crippen molar-refractivity contribution >= 4 is 29.7 Å². The van der Waals surface area contributed by atoms with Crippen LogP contribution >= 0.6 is 0 Å². The molecule has 1 aliphatic heterocycles. The monoisotopic (exact) mass is 547 g/mol. The van der Waals surface area contributed by atoms with Gasteiger partial charge in [0, 0.05) is 40.7 Å². The van der Waals surface area contributed by atoms with E-state index in [0.717, 1.165) is 33.1 Å². The largest absolute Gasteiger partial charge is 0.463 e. The lowest BCUT2D eigenvalue weighted by Gasteiger charge is -2.44. The molecule has 1 aliphatic rings. The zero-order chi connectivity index (χ0) is 28.5. The van der Waals surface area contributed by atoms with Crippen LogP contribution in [0, 0.1) is 0 Å². The predicted molar refractivity (Wildman–Crippen MR) is 131 cm³/mol. The number of hydrogen-bond donors (Lipinski definition) is 3. The van der Waals surface area contributed by atoms with Gasteiger partial charge in [0.15, 0.2) is 18.5 Å². The lowest BCUT2D eigenvalue weighted by atomic mass is 9.96. The molecule has 0 aromatic rings. The number of hydrogen-bond acceptors (Lipinski definition) is 12. The van der Waals surface area contributed by atoms with Gasteiger partial charge in [-0.2, -0.15) is 0 Å². The topological polar surface area (TPSA) is 191 Å². The standard InChI is InChI=1S/C24H41N3O11/c1-15(28)27-21-23(37-18(4)31)22(36-17(3)30)19(14-35-16(2)29)38-24(21)34-13-12-33-11-10-26-20(32)8-6-5-7-9-25/h19,21-24H,5-14,25H2,1-4H3,(H,26,32)(H,27,28). The first-order valence-corrected chi connectivity index (χ1v) is 12.6. The van der Waals surface area contributed by atoms with Crippen molar-refractivity contribution in [2.24, 2.45) is 5.73 Å². The van der Waals surface area contributed by atoms with Crippen LogP contribution in [0.2, 0.25) is 0 Å². The predicted octanol–water partition coefficient (Wildman–Crippen LogP) is -0.689. The molecule has 38 heavy (non-hydrogen) atoms. The minimum atomic E-state index is -1.19. The highest BCUT2D eigenvalue weighted by molar-refractivity contribution is 5.75. The summed E-state index contributed by atoms with van der Waals surface area (Å²) in [6.45, 7) is 5.77. The summed E-state index contributed by atoms with van der Waals surface area (Å²) in [4.78, 5) is 58.7. The molecule has 0 spiro atoms. The minimum absolute atomic E-state index is 0.0130. The molecule has 0 saturated carbocycles. The number of carbonyl (C=O) groups is 5. The molecule has 14 nitrogen and oxygen atoms in total. The highest BCUT2D eigenvalue weighted by Gasteiger charge is 2.51. The molecule has 0 radical (unpaired) electrons. The van der Waals surface area contributed by atoms with Crippen LogP contribution in [0.1, 0.15) is 53.4 Å². The van der Waals surface area contributed by atoms with Crippen molar-refractivity contribution in [2.45, 2.75) is 84.0 Å². The van der Waals surface area contributed by atoms with Gasteiger partial charge in [0.2, 0.25) is 11.8 Å². The fourth-order valence-corrected chi connectivity index (χ4v) is 3.72. The van der Waals surface area contributed by atoms with Gasteiger partial charge < -0.3 is 44.8 Å². The Morgan fingerprint density at radius 1 is 0.842 bits per heavy atom. The van der Waals surface area contributed by atoms with E-state index in [0.29, 0.717) is 19.5 Å². The summed E-state index contributed by atoms with van der Waals surface area (Å²) in [7, 11) is 0. The Labute approximate surface area is 222 Å². The Hall–Kier alpha value is -2.81. The van der Waals surface area contributed by atoms with E-state index in [-0.39, 0.29) is 32.3 Å². The first kappa shape index (κ1) is 33.2. The van der Waals surface area contributed by atoms with Gasteiger partial charge in [-0.15, -0.1) is 0 Å².